The Hall–Kier alpha value is -2.02. The molecule has 1 rings (SSSR count). The van der Waals surface area contributed by atoms with Crippen molar-refractivity contribution in [1.29, 1.82) is 0 Å². The molecule has 0 heterocycles. The molecule has 0 amide bonds. The van der Waals surface area contributed by atoms with E-state index in [1.165, 1.54) is 0 Å². The first kappa shape index (κ1) is 15.0. The summed E-state index contributed by atoms with van der Waals surface area (Å²) < 4.78 is 13.1. The molecule has 19 heavy (non-hydrogen) atoms. The average molecular weight is 270 g/mol. The quantitative estimate of drug-likeness (QED) is 0.579. The predicted octanol–water partition coefficient (Wildman–Crippen LogP) is 1.72. The lowest BCUT2D eigenvalue weighted by Crippen LogP contribution is -2.18. The van der Waals surface area contributed by atoms with Crippen molar-refractivity contribution in [2.24, 2.45) is 11.7 Å². The first-order valence-corrected chi connectivity index (χ1v) is 5.81. The van der Waals surface area contributed by atoms with Gasteiger partial charge in [-0.3, -0.25) is 14.9 Å². The van der Waals surface area contributed by atoms with Crippen molar-refractivity contribution in [2.75, 3.05) is 6.54 Å². The molecule has 0 saturated heterocycles. The van der Waals surface area contributed by atoms with Gasteiger partial charge in [-0.05, 0) is 37.9 Å². The van der Waals surface area contributed by atoms with Crippen molar-refractivity contribution >= 4 is 11.7 Å². The lowest BCUT2D eigenvalue weighted by Gasteiger charge is -2.12. The largest absolute Gasteiger partial charge is 0.481 e. The van der Waals surface area contributed by atoms with Crippen molar-refractivity contribution in [3.8, 4) is 0 Å². The van der Waals surface area contributed by atoms with Gasteiger partial charge in [0.05, 0.1) is 10.8 Å². The molecule has 0 aromatic heterocycles. The Balaban J connectivity index is 2.97. The van der Waals surface area contributed by atoms with Crippen LogP contribution in [0.5, 0.6) is 0 Å². The molecule has 0 aliphatic rings. The van der Waals surface area contributed by atoms with Crippen molar-refractivity contribution in [1.82, 2.24) is 0 Å². The Morgan fingerprint density at radius 1 is 1.53 bits per heavy atom. The van der Waals surface area contributed by atoms with Crippen LogP contribution in [0.2, 0.25) is 0 Å². The van der Waals surface area contributed by atoms with Gasteiger partial charge >= 0.3 is 5.97 Å². The van der Waals surface area contributed by atoms with E-state index in [4.69, 9.17) is 10.8 Å². The number of aliphatic carboxylic acids is 1. The smallest absolute Gasteiger partial charge is 0.306 e. The van der Waals surface area contributed by atoms with Crippen LogP contribution in [0.25, 0.3) is 0 Å². The zero-order chi connectivity index (χ0) is 14.4. The van der Waals surface area contributed by atoms with Gasteiger partial charge in [0.1, 0.15) is 5.82 Å². The molecule has 0 saturated carbocycles. The van der Waals surface area contributed by atoms with Gasteiger partial charge in [-0.2, -0.15) is 0 Å². The standard InChI is InChI=1S/C12H15FN2O4/c13-10-3-4-11(15(18)19)9(7-10)6-8(12(16)17)2-1-5-14/h3-4,7-8H,1-2,5-6,14H2,(H,16,17). The summed E-state index contributed by atoms with van der Waals surface area (Å²) in [5.41, 5.74) is 5.14. The SMILES string of the molecule is NCCCC(Cc1cc(F)ccc1[N+](=O)[O-])C(=O)O. The summed E-state index contributed by atoms with van der Waals surface area (Å²) in [5.74, 6) is -2.49. The summed E-state index contributed by atoms with van der Waals surface area (Å²) >= 11 is 0. The zero-order valence-corrected chi connectivity index (χ0v) is 10.2. The number of nitrogens with zero attached hydrogens (tertiary/aromatic N) is 1. The highest BCUT2D eigenvalue weighted by atomic mass is 19.1. The van der Waals surface area contributed by atoms with Crippen molar-refractivity contribution < 1.29 is 19.2 Å². The van der Waals surface area contributed by atoms with Crippen LogP contribution in [0, 0.1) is 21.8 Å². The Labute approximate surface area is 109 Å². The van der Waals surface area contributed by atoms with Gasteiger partial charge in [0.25, 0.3) is 5.69 Å². The fourth-order valence-electron chi connectivity index (χ4n) is 1.84. The number of nitro benzene ring substituents is 1. The second-order valence-corrected chi connectivity index (χ2v) is 4.20. The van der Waals surface area contributed by atoms with Crippen LogP contribution in [0.3, 0.4) is 0 Å². The fourth-order valence-corrected chi connectivity index (χ4v) is 1.84. The predicted molar refractivity (Wildman–Crippen MR) is 66.2 cm³/mol. The summed E-state index contributed by atoms with van der Waals surface area (Å²) in [7, 11) is 0. The fraction of sp³-hybridized carbons (Fsp3) is 0.417. The third-order valence-electron chi connectivity index (χ3n) is 2.81. The minimum atomic E-state index is -1.06. The third kappa shape index (κ3) is 4.29. The molecule has 1 aromatic rings. The van der Waals surface area contributed by atoms with E-state index in [-0.39, 0.29) is 17.7 Å². The topological polar surface area (TPSA) is 106 Å². The number of nitro groups is 1. The maximum atomic E-state index is 13.1. The van der Waals surface area contributed by atoms with Crippen molar-refractivity contribution in [3.05, 3.63) is 39.7 Å². The van der Waals surface area contributed by atoms with Crippen LogP contribution in [0.4, 0.5) is 10.1 Å². The minimum Gasteiger partial charge on any atom is -0.481 e. The van der Waals surface area contributed by atoms with Gasteiger partial charge in [-0.15, -0.1) is 0 Å². The number of halogens is 1. The molecule has 1 atom stereocenters. The molecule has 0 aliphatic carbocycles. The summed E-state index contributed by atoms with van der Waals surface area (Å²) in [6.45, 7) is 0.342. The Kier molecular flexibility index (Phi) is 5.37. The van der Waals surface area contributed by atoms with Crippen LogP contribution in [-0.4, -0.2) is 22.5 Å². The van der Waals surface area contributed by atoms with Crippen molar-refractivity contribution in [2.45, 2.75) is 19.3 Å². The molecule has 7 heteroatoms. The highest BCUT2D eigenvalue weighted by Crippen LogP contribution is 2.24. The van der Waals surface area contributed by atoms with E-state index >= 15 is 0 Å². The number of carbonyl (C=O) groups is 1. The van der Waals surface area contributed by atoms with E-state index in [2.05, 4.69) is 0 Å². The maximum absolute atomic E-state index is 13.1. The lowest BCUT2D eigenvalue weighted by atomic mass is 9.94. The molecule has 0 aliphatic heterocycles. The normalized spacial score (nSPS) is 12.1. The van der Waals surface area contributed by atoms with Crippen LogP contribution >= 0.6 is 0 Å². The second kappa shape index (κ2) is 6.79. The van der Waals surface area contributed by atoms with Crippen LogP contribution < -0.4 is 5.73 Å². The molecule has 1 aromatic carbocycles. The van der Waals surface area contributed by atoms with Crippen LogP contribution in [0.1, 0.15) is 18.4 Å². The highest BCUT2D eigenvalue weighted by molar-refractivity contribution is 5.70. The Morgan fingerprint density at radius 2 is 2.21 bits per heavy atom. The minimum absolute atomic E-state index is 0.0800. The summed E-state index contributed by atoms with van der Waals surface area (Å²) in [4.78, 5) is 21.2. The van der Waals surface area contributed by atoms with E-state index in [1.54, 1.807) is 0 Å². The summed E-state index contributed by atoms with van der Waals surface area (Å²) in [5, 5.41) is 19.9. The van der Waals surface area contributed by atoms with Gasteiger partial charge in [-0.25, -0.2) is 4.39 Å². The van der Waals surface area contributed by atoms with E-state index in [9.17, 15) is 19.3 Å². The average Bonchev–Trinajstić information content (AvgIpc) is 2.33. The number of carboxylic acids is 1. The molecular formula is C12H15FN2O4. The molecule has 1 unspecified atom stereocenters. The van der Waals surface area contributed by atoms with E-state index in [0.717, 1.165) is 18.2 Å². The molecule has 104 valence electrons. The highest BCUT2D eigenvalue weighted by Gasteiger charge is 2.23. The van der Waals surface area contributed by atoms with Crippen LogP contribution in [-0.2, 0) is 11.2 Å². The van der Waals surface area contributed by atoms with Gasteiger partial charge in [0.2, 0.25) is 0 Å². The zero-order valence-electron chi connectivity index (χ0n) is 10.2. The van der Waals surface area contributed by atoms with E-state index in [1.807, 2.05) is 0 Å². The number of rotatable bonds is 7. The van der Waals surface area contributed by atoms with Crippen LogP contribution in [0.15, 0.2) is 18.2 Å². The molecule has 6 nitrogen and oxygen atoms in total. The number of carboxylic acid groups (broad SMARTS) is 1. The Bertz CT molecular complexity index is 479. The summed E-state index contributed by atoms with van der Waals surface area (Å²) in [6.07, 6.45) is 0.725. The monoisotopic (exact) mass is 270 g/mol. The summed E-state index contributed by atoms with van der Waals surface area (Å²) in [6, 6.07) is 3.04. The van der Waals surface area contributed by atoms with Gasteiger partial charge in [0.15, 0.2) is 0 Å². The first-order valence-electron chi connectivity index (χ1n) is 5.81. The number of nitrogens with two attached hydrogens (primary N) is 1. The maximum Gasteiger partial charge on any atom is 0.306 e. The molecule has 0 fully saturated rings. The molecule has 0 bridgehead atoms. The van der Waals surface area contributed by atoms with E-state index in [0.29, 0.717) is 19.4 Å². The molecule has 0 radical (unpaired) electrons. The molecule has 0 spiro atoms. The first-order chi connectivity index (χ1) is 8.95. The number of benzene rings is 1. The van der Waals surface area contributed by atoms with Crippen molar-refractivity contribution in [3.63, 3.8) is 0 Å². The van der Waals surface area contributed by atoms with Gasteiger partial charge in [-0.1, -0.05) is 0 Å². The number of hydrogen-bond donors (Lipinski definition) is 2. The second-order valence-electron chi connectivity index (χ2n) is 4.20. The van der Waals surface area contributed by atoms with Gasteiger partial charge < -0.3 is 10.8 Å². The molecular weight excluding hydrogens is 255 g/mol. The Morgan fingerprint density at radius 3 is 2.74 bits per heavy atom. The lowest BCUT2D eigenvalue weighted by molar-refractivity contribution is -0.385. The number of hydrogen-bond acceptors (Lipinski definition) is 4. The third-order valence-corrected chi connectivity index (χ3v) is 2.81. The van der Waals surface area contributed by atoms with E-state index < -0.39 is 22.6 Å². The van der Waals surface area contributed by atoms with Gasteiger partial charge in [0, 0.05) is 11.6 Å². The molecule has 3 N–H and O–H groups in total.